The van der Waals surface area contributed by atoms with Crippen LogP contribution in [0.1, 0.15) is 10.4 Å². The number of hydrogen-bond acceptors (Lipinski definition) is 4. The number of carboxylic acids is 1. The Labute approximate surface area is 121 Å². The second-order valence-electron chi connectivity index (χ2n) is 4.61. The van der Waals surface area contributed by atoms with Crippen molar-refractivity contribution in [1.82, 2.24) is 9.80 Å². The highest BCUT2D eigenvalue weighted by atomic mass is 16.5. The SMILES string of the molecule is O=CN1CCN(C(=O)COc2ccccc2C(=O)O)CC1. The van der Waals surface area contributed by atoms with Gasteiger partial charge < -0.3 is 19.6 Å². The fraction of sp³-hybridized carbons (Fsp3) is 0.357. The molecule has 1 aromatic carbocycles. The van der Waals surface area contributed by atoms with Crippen molar-refractivity contribution in [3.63, 3.8) is 0 Å². The quantitative estimate of drug-likeness (QED) is 0.776. The van der Waals surface area contributed by atoms with Crippen LogP contribution >= 0.6 is 0 Å². The molecule has 0 radical (unpaired) electrons. The second kappa shape index (κ2) is 6.74. The zero-order valence-corrected chi connectivity index (χ0v) is 11.4. The minimum Gasteiger partial charge on any atom is -0.483 e. The normalized spacial score (nSPS) is 14.7. The monoisotopic (exact) mass is 292 g/mol. The Morgan fingerprint density at radius 1 is 1.19 bits per heavy atom. The van der Waals surface area contributed by atoms with Gasteiger partial charge in [0.25, 0.3) is 5.91 Å². The van der Waals surface area contributed by atoms with E-state index < -0.39 is 5.97 Å². The minimum absolute atomic E-state index is 0.0241. The van der Waals surface area contributed by atoms with E-state index in [2.05, 4.69) is 0 Å². The van der Waals surface area contributed by atoms with Crippen molar-refractivity contribution in [1.29, 1.82) is 0 Å². The Morgan fingerprint density at radius 3 is 2.48 bits per heavy atom. The van der Waals surface area contributed by atoms with Crippen LogP contribution in [0, 0.1) is 0 Å². The lowest BCUT2D eigenvalue weighted by Gasteiger charge is -2.32. The molecule has 2 rings (SSSR count). The maximum Gasteiger partial charge on any atom is 0.339 e. The summed E-state index contributed by atoms with van der Waals surface area (Å²) in [7, 11) is 0. The van der Waals surface area contributed by atoms with Crippen molar-refractivity contribution in [2.75, 3.05) is 32.8 Å². The third-order valence-corrected chi connectivity index (χ3v) is 3.28. The molecule has 1 heterocycles. The fourth-order valence-electron chi connectivity index (χ4n) is 2.08. The van der Waals surface area contributed by atoms with Gasteiger partial charge in [0, 0.05) is 26.2 Å². The van der Waals surface area contributed by atoms with Crippen molar-refractivity contribution in [2.24, 2.45) is 0 Å². The Bertz CT molecular complexity index is 538. The number of carbonyl (C=O) groups is 3. The largest absolute Gasteiger partial charge is 0.483 e. The molecule has 1 aliphatic heterocycles. The van der Waals surface area contributed by atoms with E-state index in [0.29, 0.717) is 26.2 Å². The summed E-state index contributed by atoms with van der Waals surface area (Å²) in [6, 6.07) is 6.18. The van der Waals surface area contributed by atoms with Gasteiger partial charge in [0.15, 0.2) is 6.61 Å². The number of nitrogens with zero attached hydrogens (tertiary/aromatic N) is 2. The summed E-state index contributed by atoms with van der Waals surface area (Å²) in [4.78, 5) is 36.8. The molecule has 1 N–H and O–H groups in total. The predicted molar refractivity (Wildman–Crippen MR) is 73.1 cm³/mol. The molecule has 0 bridgehead atoms. The molecule has 7 heteroatoms. The van der Waals surface area contributed by atoms with E-state index in [-0.39, 0.29) is 23.8 Å². The molecule has 0 aromatic heterocycles. The van der Waals surface area contributed by atoms with Crippen LogP contribution in [0.4, 0.5) is 0 Å². The summed E-state index contributed by atoms with van der Waals surface area (Å²) in [5, 5.41) is 9.02. The van der Waals surface area contributed by atoms with Crippen LogP contribution in [0.5, 0.6) is 5.75 Å². The average Bonchev–Trinajstić information content (AvgIpc) is 2.52. The Kier molecular flexibility index (Phi) is 4.76. The molecule has 2 amide bonds. The highest BCUT2D eigenvalue weighted by Gasteiger charge is 2.21. The molecule has 0 saturated carbocycles. The summed E-state index contributed by atoms with van der Waals surface area (Å²) in [6.45, 7) is 1.70. The standard InChI is InChI=1S/C14H16N2O5/c17-10-15-5-7-16(8-6-15)13(18)9-21-12-4-2-1-3-11(12)14(19)20/h1-4,10H,5-9H2,(H,19,20). The first kappa shape index (κ1) is 14.8. The second-order valence-corrected chi connectivity index (χ2v) is 4.61. The van der Waals surface area contributed by atoms with E-state index in [1.165, 1.54) is 12.1 Å². The third kappa shape index (κ3) is 3.71. The molecule has 21 heavy (non-hydrogen) atoms. The van der Waals surface area contributed by atoms with E-state index >= 15 is 0 Å². The number of carbonyl (C=O) groups excluding carboxylic acids is 2. The molecular formula is C14H16N2O5. The molecule has 0 unspecified atom stereocenters. The average molecular weight is 292 g/mol. The van der Waals surface area contributed by atoms with Crippen LogP contribution in [-0.4, -0.2) is 66.0 Å². The van der Waals surface area contributed by atoms with Gasteiger partial charge in [-0.1, -0.05) is 12.1 Å². The molecule has 7 nitrogen and oxygen atoms in total. The summed E-state index contributed by atoms with van der Waals surface area (Å²) >= 11 is 0. The Balaban J connectivity index is 1.90. The van der Waals surface area contributed by atoms with Gasteiger partial charge in [-0.05, 0) is 12.1 Å². The van der Waals surface area contributed by atoms with Crippen molar-refractivity contribution in [3.8, 4) is 5.75 Å². The van der Waals surface area contributed by atoms with Gasteiger partial charge in [-0.25, -0.2) is 4.79 Å². The van der Waals surface area contributed by atoms with Gasteiger partial charge in [-0.2, -0.15) is 0 Å². The molecule has 1 fully saturated rings. The van der Waals surface area contributed by atoms with E-state index in [1.807, 2.05) is 0 Å². The first-order valence-electron chi connectivity index (χ1n) is 6.54. The van der Waals surface area contributed by atoms with Crippen LogP contribution in [0.25, 0.3) is 0 Å². The lowest BCUT2D eigenvalue weighted by Crippen LogP contribution is -2.49. The topological polar surface area (TPSA) is 87.2 Å². The van der Waals surface area contributed by atoms with E-state index in [1.54, 1.807) is 21.9 Å². The number of aromatic carboxylic acids is 1. The van der Waals surface area contributed by atoms with Crippen LogP contribution in [0.3, 0.4) is 0 Å². The number of amides is 2. The van der Waals surface area contributed by atoms with E-state index in [0.717, 1.165) is 6.41 Å². The van der Waals surface area contributed by atoms with Crippen molar-refractivity contribution in [3.05, 3.63) is 29.8 Å². The molecule has 0 aliphatic carbocycles. The predicted octanol–water partition coefficient (Wildman–Crippen LogP) is 0.0642. The van der Waals surface area contributed by atoms with Crippen molar-refractivity contribution >= 4 is 18.3 Å². The first-order chi connectivity index (χ1) is 10.1. The third-order valence-electron chi connectivity index (χ3n) is 3.28. The fourth-order valence-corrected chi connectivity index (χ4v) is 2.08. The van der Waals surface area contributed by atoms with Crippen molar-refractivity contribution in [2.45, 2.75) is 0 Å². The minimum atomic E-state index is -1.10. The summed E-state index contributed by atoms with van der Waals surface area (Å²) < 4.78 is 5.31. The Hall–Kier alpha value is -2.57. The van der Waals surface area contributed by atoms with Crippen LogP contribution < -0.4 is 4.74 Å². The van der Waals surface area contributed by atoms with Crippen LogP contribution in [0.2, 0.25) is 0 Å². The Morgan fingerprint density at radius 2 is 1.86 bits per heavy atom. The lowest BCUT2D eigenvalue weighted by molar-refractivity contribution is -0.137. The van der Waals surface area contributed by atoms with Gasteiger partial charge in [-0.15, -0.1) is 0 Å². The molecule has 112 valence electrons. The number of benzene rings is 1. The molecular weight excluding hydrogens is 276 g/mol. The number of piperazine rings is 1. The van der Waals surface area contributed by atoms with Gasteiger partial charge in [0.2, 0.25) is 6.41 Å². The molecule has 1 aliphatic rings. The van der Waals surface area contributed by atoms with Gasteiger partial charge in [0.1, 0.15) is 11.3 Å². The van der Waals surface area contributed by atoms with E-state index in [4.69, 9.17) is 9.84 Å². The zero-order valence-electron chi connectivity index (χ0n) is 11.4. The van der Waals surface area contributed by atoms with Gasteiger partial charge in [-0.3, -0.25) is 9.59 Å². The molecule has 1 saturated heterocycles. The molecule has 1 aromatic rings. The zero-order chi connectivity index (χ0) is 15.2. The number of para-hydroxylation sites is 1. The molecule has 0 atom stereocenters. The lowest BCUT2D eigenvalue weighted by atomic mass is 10.2. The first-order valence-corrected chi connectivity index (χ1v) is 6.54. The maximum absolute atomic E-state index is 12.0. The number of ether oxygens (including phenoxy) is 1. The summed E-state index contributed by atoms with van der Waals surface area (Å²) in [5.41, 5.74) is 0.0241. The number of carboxylic acid groups (broad SMARTS) is 1. The number of hydrogen-bond donors (Lipinski definition) is 1. The highest BCUT2D eigenvalue weighted by molar-refractivity contribution is 5.91. The van der Waals surface area contributed by atoms with Crippen LogP contribution in [0.15, 0.2) is 24.3 Å². The van der Waals surface area contributed by atoms with Crippen molar-refractivity contribution < 1.29 is 24.2 Å². The van der Waals surface area contributed by atoms with Gasteiger partial charge >= 0.3 is 5.97 Å². The maximum atomic E-state index is 12.0. The molecule has 0 spiro atoms. The number of rotatable bonds is 5. The highest BCUT2D eigenvalue weighted by Crippen LogP contribution is 2.17. The summed E-state index contributed by atoms with van der Waals surface area (Å²) in [6.07, 6.45) is 0.765. The van der Waals surface area contributed by atoms with E-state index in [9.17, 15) is 14.4 Å². The smallest absolute Gasteiger partial charge is 0.339 e. The summed E-state index contributed by atoms with van der Waals surface area (Å²) in [5.74, 6) is -1.15. The van der Waals surface area contributed by atoms with Gasteiger partial charge in [0.05, 0.1) is 0 Å². The van der Waals surface area contributed by atoms with Crippen LogP contribution in [-0.2, 0) is 9.59 Å².